The highest BCUT2D eigenvalue weighted by Crippen LogP contribution is 2.27. The van der Waals surface area contributed by atoms with E-state index in [0.717, 1.165) is 28.6 Å². The van der Waals surface area contributed by atoms with Gasteiger partial charge in [0, 0.05) is 17.6 Å². The second kappa shape index (κ2) is 6.78. The molecule has 0 heterocycles. The summed E-state index contributed by atoms with van der Waals surface area (Å²) in [4.78, 5) is 0. The van der Waals surface area contributed by atoms with Crippen LogP contribution < -0.4 is 10.1 Å². The highest BCUT2D eigenvalue weighted by molar-refractivity contribution is 6.31. The maximum Gasteiger partial charge on any atom is 0.128 e. The zero-order valence-corrected chi connectivity index (χ0v) is 12.9. The van der Waals surface area contributed by atoms with Crippen molar-refractivity contribution < 1.29 is 4.74 Å². The minimum Gasteiger partial charge on any atom is -0.457 e. The molecule has 0 aliphatic heterocycles. The van der Waals surface area contributed by atoms with Gasteiger partial charge in [0.2, 0.25) is 0 Å². The molecule has 2 rings (SSSR count). The molecule has 0 aromatic heterocycles. The molecule has 0 saturated carbocycles. The maximum absolute atomic E-state index is 6.29. The van der Waals surface area contributed by atoms with Gasteiger partial charge in [-0.25, -0.2) is 0 Å². The molecule has 0 fully saturated rings. The van der Waals surface area contributed by atoms with Gasteiger partial charge in [-0.15, -0.1) is 0 Å². The van der Waals surface area contributed by atoms with Crippen molar-refractivity contribution in [3.63, 3.8) is 0 Å². The molecule has 106 valence electrons. The predicted octanol–water partition coefficient (Wildman–Crippen LogP) is 4.94. The van der Waals surface area contributed by atoms with Crippen molar-refractivity contribution in [3.05, 3.63) is 58.6 Å². The largest absolute Gasteiger partial charge is 0.457 e. The summed E-state index contributed by atoms with van der Waals surface area (Å²) in [6, 6.07) is 14.2. The number of rotatable bonds is 5. The molecule has 1 N–H and O–H groups in total. The van der Waals surface area contributed by atoms with Crippen LogP contribution in [0.2, 0.25) is 5.02 Å². The second-order valence-corrected chi connectivity index (χ2v) is 5.61. The van der Waals surface area contributed by atoms with Crippen LogP contribution in [0.3, 0.4) is 0 Å². The number of nitrogens with one attached hydrogen (secondary N) is 1. The third-order valence-electron chi connectivity index (χ3n) is 2.95. The lowest BCUT2D eigenvalue weighted by atomic mass is 10.2. The van der Waals surface area contributed by atoms with Crippen LogP contribution in [0.4, 0.5) is 0 Å². The van der Waals surface area contributed by atoms with Gasteiger partial charge < -0.3 is 10.1 Å². The number of aryl methyl sites for hydroxylation is 1. The van der Waals surface area contributed by atoms with Gasteiger partial charge in [-0.1, -0.05) is 43.6 Å². The Morgan fingerprint density at radius 2 is 1.85 bits per heavy atom. The van der Waals surface area contributed by atoms with Gasteiger partial charge in [0.05, 0.1) is 0 Å². The fourth-order valence-corrected chi connectivity index (χ4v) is 2.10. The third-order valence-corrected chi connectivity index (χ3v) is 3.30. The van der Waals surface area contributed by atoms with E-state index in [1.165, 1.54) is 5.56 Å². The minimum absolute atomic E-state index is 0.439. The van der Waals surface area contributed by atoms with Gasteiger partial charge >= 0.3 is 0 Å². The number of hydrogen-bond acceptors (Lipinski definition) is 2. The molecule has 2 nitrogen and oxygen atoms in total. The molecule has 0 atom stereocenters. The molecule has 0 spiro atoms. The van der Waals surface area contributed by atoms with Crippen LogP contribution in [0.15, 0.2) is 42.5 Å². The van der Waals surface area contributed by atoms with Gasteiger partial charge in [-0.05, 0) is 42.3 Å². The highest BCUT2D eigenvalue weighted by Gasteiger charge is 2.04. The SMILES string of the molecule is Cc1cccc(Oc2ccc(CNC(C)C)c(Cl)c2)c1. The topological polar surface area (TPSA) is 21.3 Å². The molecule has 3 heteroatoms. The maximum atomic E-state index is 6.29. The van der Waals surface area contributed by atoms with Crippen LogP contribution in [0, 0.1) is 6.92 Å². The minimum atomic E-state index is 0.439. The molecule has 0 aliphatic carbocycles. The highest BCUT2D eigenvalue weighted by atomic mass is 35.5. The van der Waals surface area contributed by atoms with E-state index in [2.05, 4.69) is 19.2 Å². The van der Waals surface area contributed by atoms with Gasteiger partial charge in [-0.3, -0.25) is 0 Å². The average molecular weight is 290 g/mol. The van der Waals surface area contributed by atoms with Crippen LogP contribution >= 0.6 is 11.6 Å². The van der Waals surface area contributed by atoms with Gasteiger partial charge in [0.15, 0.2) is 0 Å². The van der Waals surface area contributed by atoms with E-state index in [-0.39, 0.29) is 0 Å². The van der Waals surface area contributed by atoms with E-state index in [9.17, 15) is 0 Å². The van der Waals surface area contributed by atoms with Crippen molar-refractivity contribution in [1.82, 2.24) is 5.32 Å². The Labute approximate surface area is 125 Å². The number of ether oxygens (including phenoxy) is 1. The number of hydrogen-bond donors (Lipinski definition) is 1. The Hall–Kier alpha value is -1.51. The summed E-state index contributed by atoms with van der Waals surface area (Å²) in [5, 5.41) is 4.08. The van der Waals surface area contributed by atoms with Gasteiger partial charge in [0.25, 0.3) is 0 Å². The van der Waals surface area contributed by atoms with E-state index in [1.54, 1.807) is 0 Å². The molecule has 2 aromatic carbocycles. The van der Waals surface area contributed by atoms with E-state index in [1.807, 2.05) is 49.4 Å². The lowest BCUT2D eigenvalue weighted by Gasteiger charge is -2.11. The number of halogens is 1. The Morgan fingerprint density at radius 3 is 2.50 bits per heavy atom. The summed E-state index contributed by atoms with van der Waals surface area (Å²) < 4.78 is 5.82. The molecule has 20 heavy (non-hydrogen) atoms. The first-order chi connectivity index (χ1) is 9.54. The molecular formula is C17H20ClNO. The van der Waals surface area contributed by atoms with Crippen LogP contribution in [-0.2, 0) is 6.54 Å². The summed E-state index contributed by atoms with van der Waals surface area (Å²) in [5.41, 5.74) is 2.25. The standard InChI is InChI=1S/C17H20ClNO/c1-12(2)19-11-14-7-8-16(10-17(14)18)20-15-6-4-5-13(3)9-15/h4-10,12,19H,11H2,1-3H3. The molecule has 0 bridgehead atoms. The Balaban J connectivity index is 2.09. The van der Waals surface area contributed by atoms with Gasteiger partial charge in [0.1, 0.15) is 11.5 Å². The molecule has 0 saturated heterocycles. The molecule has 0 aliphatic rings. The Morgan fingerprint density at radius 1 is 1.10 bits per heavy atom. The van der Waals surface area contributed by atoms with Crippen molar-refractivity contribution in [1.29, 1.82) is 0 Å². The number of benzene rings is 2. The molecule has 2 aromatic rings. The predicted molar refractivity (Wildman–Crippen MR) is 84.7 cm³/mol. The Bertz CT molecular complexity index is 581. The normalized spacial score (nSPS) is 10.8. The summed E-state index contributed by atoms with van der Waals surface area (Å²) in [6.45, 7) is 7.04. The first-order valence-electron chi connectivity index (χ1n) is 6.81. The van der Waals surface area contributed by atoms with Gasteiger partial charge in [-0.2, -0.15) is 0 Å². The van der Waals surface area contributed by atoms with Crippen LogP contribution in [0.1, 0.15) is 25.0 Å². The van der Waals surface area contributed by atoms with Crippen molar-refractivity contribution in [2.45, 2.75) is 33.4 Å². The van der Waals surface area contributed by atoms with E-state index >= 15 is 0 Å². The van der Waals surface area contributed by atoms with Crippen molar-refractivity contribution >= 4 is 11.6 Å². The van der Waals surface area contributed by atoms with Crippen LogP contribution in [0.25, 0.3) is 0 Å². The fraction of sp³-hybridized carbons (Fsp3) is 0.294. The lowest BCUT2D eigenvalue weighted by Crippen LogP contribution is -2.21. The first kappa shape index (κ1) is 14.9. The fourth-order valence-electron chi connectivity index (χ4n) is 1.86. The molecular weight excluding hydrogens is 270 g/mol. The zero-order valence-electron chi connectivity index (χ0n) is 12.1. The summed E-state index contributed by atoms with van der Waals surface area (Å²) >= 11 is 6.29. The smallest absolute Gasteiger partial charge is 0.128 e. The summed E-state index contributed by atoms with van der Waals surface area (Å²) in [7, 11) is 0. The van der Waals surface area contributed by atoms with Crippen molar-refractivity contribution in [2.24, 2.45) is 0 Å². The Kier molecular flexibility index (Phi) is 5.05. The lowest BCUT2D eigenvalue weighted by molar-refractivity contribution is 0.482. The summed E-state index contributed by atoms with van der Waals surface area (Å²) in [5.74, 6) is 1.59. The second-order valence-electron chi connectivity index (χ2n) is 5.21. The quantitative estimate of drug-likeness (QED) is 0.842. The van der Waals surface area contributed by atoms with E-state index in [4.69, 9.17) is 16.3 Å². The average Bonchev–Trinajstić information content (AvgIpc) is 2.37. The monoisotopic (exact) mass is 289 g/mol. The first-order valence-corrected chi connectivity index (χ1v) is 7.19. The van der Waals surface area contributed by atoms with E-state index < -0.39 is 0 Å². The summed E-state index contributed by atoms with van der Waals surface area (Å²) in [6.07, 6.45) is 0. The van der Waals surface area contributed by atoms with Crippen molar-refractivity contribution in [2.75, 3.05) is 0 Å². The van der Waals surface area contributed by atoms with Crippen LogP contribution in [0.5, 0.6) is 11.5 Å². The third kappa shape index (κ3) is 4.26. The van der Waals surface area contributed by atoms with E-state index in [0.29, 0.717) is 6.04 Å². The van der Waals surface area contributed by atoms with Crippen molar-refractivity contribution in [3.8, 4) is 11.5 Å². The molecule has 0 amide bonds. The van der Waals surface area contributed by atoms with Crippen LogP contribution in [-0.4, -0.2) is 6.04 Å². The molecule has 0 radical (unpaired) electrons. The zero-order chi connectivity index (χ0) is 14.5. The molecule has 0 unspecified atom stereocenters.